The van der Waals surface area contributed by atoms with Crippen LogP contribution >= 0.6 is 0 Å². The van der Waals surface area contributed by atoms with Gasteiger partial charge in [0.25, 0.3) is 0 Å². The third-order valence-electron chi connectivity index (χ3n) is 1.99. The van der Waals surface area contributed by atoms with Crippen molar-refractivity contribution in [3.63, 3.8) is 0 Å². The third kappa shape index (κ3) is 3.18. The van der Waals surface area contributed by atoms with Crippen molar-refractivity contribution in [1.29, 1.82) is 0 Å². The molecule has 0 bridgehead atoms. The molecule has 0 saturated heterocycles. The van der Waals surface area contributed by atoms with E-state index in [1.165, 1.54) is 0 Å². The molecule has 0 spiro atoms. The highest BCUT2D eigenvalue weighted by Crippen LogP contribution is 1.95. The Hall–Kier alpha value is -1.36. The number of aliphatic hydroxyl groups excluding tert-OH is 1. The molecule has 5 heteroatoms. The molecule has 0 aliphatic rings. The van der Waals surface area contributed by atoms with Crippen LogP contribution in [0.15, 0.2) is 12.3 Å². The van der Waals surface area contributed by atoms with Gasteiger partial charge in [-0.2, -0.15) is 5.10 Å². The Kier molecular flexibility index (Phi) is 4.12. The van der Waals surface area contributed by atoms with E-state index in [-0.39, 0.29) is 25.0 Å². The Labute approximate surface area is 82.5 Å². The number of hydrogen-bond donors (Lipinski definition) is 3. The first-order chi connectivity index (χ1) is 6.76. The molecule has 0 aromatic carbocycles. The Morgan fingerprint density at radius 3 is 3.07 bits per heavy atom. The first-order valence-electron chi connectivity index (χ1n) is 4.64. The van der Waals surface area contributed by atoms with E-state index < -0.39 is 0 Å². The van der Waals surface area contributed by atoms with Gasteiger partial charge in [0.15, 0.2) is 0 Å². The zero-order valence-corrected chi connectivity index (χ0v) is 8.16. The molecule has 1 aromatic heterocycles. The van der Waals surface area contributed by atoms with Crippen LogP contribution in [0.3, 0.4) is 0 Å². The Bertz CT molecular complexity index is 268. The Morgan fingerprint density at radius 2 is 2.57 bits per heavy atom. The monoisotopic (exact) mass is 197 g/mol. The summed E-state index contributed by atoms with van der Waals surface area (Å²) in [5.74, 6) is -0.102. The molecule has 1 heterocycles. The van der Waals surface area contributed by atoms with E-state index in [4.69, 9.17) is 5.11 Å². The standard InChI is InChI=1S/C9H15N3O2/c1-2-7(6-13)11-9(14)5-8-3-4-10-12-8/h3-4,7,13H,2,5-6H2,1H3,(H,10,12)(H,11,14)/t7-/m0/s1. The molecule has 0 aliphatic heterocycles. The number of nitrogens with zero attached hydrogens (tertiary/aromatic N) is 1. The second-order valence-corrected chi connectivity index (χ2v) is 3.11. The minimum Gasteiger partial charge on any atom is -0.394 e. The van der Waals surface area contributed by atoms with Gasteiger partial charge in [-0.15, -0.1) is 0 Å². The van der Waals surface area contributed by atoms with Crippen molar-refractivity contribution in [2.75, 3.05) is 6.61 Å². The number of carbonyl (C=O) groups excluding carboxylic acids is 1. The van der Waals surface area contributed by atoms with Crippen LogP contribution in [0.1, 0.15) is 19.0 Å². The van der Waals surface area contributed by atoms with E-state index in [2.05, 4.69) is 15.5 Å². The molecule has 5 nitrogen and oxygen atoms in total. The molecular formula is C9H15N3O2. The fourth-order valence-corrected chi connectivity index (χ4v) is 1.11. The number of rotatable bonds is 5. The summed E-state index contributed by atoms with van der Waals surface area (Å²) < 4.78 is 0. The predicted octanol–water partition coefficient (Wildman–Crippen LogP) is -0.161. The van der Waals surface area contributed by atoms with E-state index in [1.807, 2.05) is 6.92 Å². The van der Waals surface area contributed by atoms with E-state index in [0.29, 0.717) is 0 Å². The van der Waals surface area contributed by atoms with E-state index in [9.17, 15) is 4.79 Å². The van der Waals surface area contributed by atoms with Crippen LogP contribution in [-0.4, -0.2) is 33.9 Å². The zero-order chi connectivity index (χ0) is 10.4. The van der Waals surface area contributed by atoms with Gasteiger partial charge >= 0.3 is 0 Å². The number of nitrogens with one attached hydrogen (secondary N) is 2. The van der Waals surface area contributed by atoms with Crippen LogP contribution in [0, 0.1) is 0 Å². The molecule has 0 saturated carbocycles. The number of carbonyl (C=O) groups is 1. The minimum absolute atomic E-state index is 0.0226. The number of aromatic amines is 1. The van der Waals surface area contributed by atoms with E-state index in [1.54, 1.807) is 12.3 Å². The van der Waals surface area contributed by atoms with Crippen LogP contribution in [-0.2, 0) is 11.2 Å². The number of aromatic nitrogens is 2. The smallest absolute Gasteiger partial charge is 0.226 e. The highest BCUT2D eigenvalue weighted by molar-refractivity contribution is 5.78. The lowest BCUT2D eigenvalue weighted by Crippen LogP contribution is -2.37. The lowest BCUT2D eigenvalue weighted by Gasteiger charge is -2.13. The summed E-state index contributed by atoms with van der Waals surface area (Å²) in [6.45, 7) is 1.89. The second kappa shape index (κ2) is 5.39. The molecule has 1 amide bonds. The molecule has 14 heavy (non-hydrogen) atoms. The van der Waals surface area contributed by atoms with Crippen LogP contribution < -0.4 is 5.32 Å². The number of H-pyrrole nitrogens is 1. The largest absolute Gasteiger partial charge is 0.394 e. The van der Waals surface area contributed by atoms with Crippen LogP contribution in [0.2, 0.25) is 0 Å². The van der Waals surface area contributed by atoms with Crippen molar-refractivity contribution in [2.24, 2.45) is 0 Å². The van der Waals surface area contributed by atoms with Gasteiger partial charge in [-0.05, 0) is 12.5 Å². The maximum atomic E-state index is 11.4. The summed E-state index contributed by atoms with van der Waals surface area (Å²) in [4.78, 5) is 11.4. The summed E-state index contributed by atoms with van der Waals surface area (Å²) in [5, 5.41) is 18.0. The second-order valence-electron chi connectivity index (χ2n) is 3.11. The average molecular weight is 197 g/mol. The molecule has 0 radical (unpaired) electrons. The van der Waals surface area contributed by atoms with Gasteiger partial charge in [0.05, 0.1) is 19.1 Å². The zero-order valence-electron chi connectivity index (χ0n) is 8.16. The van der Waals surface area contributed by atoms with Crippen molar-refractivity contribution in [3.05, 3.63) is 18.0 Å². The first kappa shape index (κ1) is 10.7. The quantitative estimate of drug-likeness (QED) is 0.613. The molecule has 0 fully saturated rings. The minimum atomic E-state index is -0.148. The number of amides is 1. The molecular weight excluding hydrogens is 182 g/mol. The molecule has 0 aliphatic carbocycles. The normalized spacial score (nSPS) is 12.4. The summed E-state index contributed by atoms with van der Waals surface area (Å²) in [5.41, 5.74) is 0.773. The Balaban J connectivity index is 2.35. The lowest BCUT2D eigenvalue weighted by atomic mass is 10.2. The SMILES string of the molecule is CC[C@@H](CO)NC(=O)Cc1ccn[nH]1. The molecule has 1 aromatic rings. The highest BCUT2D eigenvalue weighted by Gasteiger charge is 2.09. The lowest BCUT2D eigenvalue weighted by molar-refractivity contribution is -0.121. The van der Waals surface area contributed by atoms with Crippen molar-refractivity contribution < 1.29 is 9.90 Å². The van der Waals surface area contributed by atoms with Crippen molar-refractivity contribution >= 4 is 5.91 Å². The van der Waals surface area contributed by atoms with Gasteiger partial charge in [-0.1, -0.05) is 6.92 Å². The van der Waals surface area contributed by atoms with Gasteiger partial charge in [0.2, 0.25) is 5.91 Å². The van der Waals surface area contributed by atoms with Gasteiger partial charge in [0, 0.05) is 11.9 Å². The maximum Gasteiger partial charge on any atom is 0.226 e. The molecule has 3 N–H and O–H groups in total. The summed E-state index contributed by atoms with van der Waals surface area (Å²) in [6.07, 6.45) is 2.60. The van der Waals surface area contributed by atoms with Crippen LogP contribution in [0.4, 0.5) is 0 Å². The Morgan fingerprint density at radius 1 is 1.79 bits per heavy atom. The number of hydrogen-bond acceptors (Lipinski definition) is 3. The molecule has 1 rings (SSSR count). The van der Waals surface area contributed by atoms with E-state index >= 15 is 0 Å². The molecule has 78 valence electrons. The van der Waals surface area contributed by atoms with Gasteiger partial charge in [-0.3, -0.25) is 9.89 Å². The average Bonchev–Trinajstić information content (AvgIpc) is 2.66. The fourth-order valence-electron chi connectivity index (χ4n) is 1.11. The van der Waals surface area contributed by atoms with Gasteiger partial charge in [0.1, 0.15) is 0 Å². The van der Waals surface area contributed by atoms with E-state index in [0.717, 1.165) is 12.1 Å². The molecule has 1 atom stereocenters. The van der Waals surface area contributed by atoms with Gasteiger partial charge in [-0.25, -0.2) is 0 Å². The van der Waals surface area contributed by atoms with Crippen molar-refractivity contribution in [1.82, 2.24) is 15.5 Å². The summed E-state index contributed by atoms with van der Waals surface area (Å²) in [6, 6.07) is 1.60. The van der Waals surface area contributed by atoms with Gasteiger partial charge < -0.3 is 10.4 Å². The molecule has 0 unspecified atom stereocenters. The highest BCUT2D eigenvalue weighted by atomic mass is 16.3. The predicted molar refractivity (Wildman–Crippen MR) is 51.6 cm³/mol. The first-order valence-corrected chi connectivity index (χ1v) is 4.64. The fraction of sp³-hybridized carbons (Fsp3) is 0.556. The third-order valence-corrected chi connectivity index (χ3v) is 1.99. The van der Waals surface area contributed by atoms with Crippen molar-refractivity contribution in [3.8, 4) is 0 Å². The number of aliphatic hydroxyl groups is 1. The van der Waals surface area contributed by atoms with Crippen LogP contribution in [0.5, 0.6) is 0 Å². The summed E-state index contributed by atoms with van der Waals surface area (Å²) in [7, 11) is 0. The topological polar surface area (TPSA) is 78.0 Å². The van der Waals surface area contributed by atoms with Crippen LogP contribution in [0.25, 0.3) is 0 Å². The van der Waals surface area contributed by atoms with Crippen molar-refractivity contribution in [2.45, 2.75) is 25.8 Å². The maximum absolute atomic E-state index is 11.4. The summed E-state index contributed by atoms with van der Waals surface area (Å²) >= 11 is 0.